The SMILES string of the molecule is C=CCCC(C)(O)CC(C)C. The van der Waals surface area contributed by atoms with Gasteiger partial charge in [-0.1, -0.05) is 19.9 Å². The monoisotopic (exact) mass is 156 g/mol. The number of hydrogen-bond donors (Lipinski definition) is 1. The lowest BCUT2D eigenvalue weighted by Crippen LogP contribution is -2.25. The molecule has 0 saturated heterocycles. The minimum absolute atomic E-state index is 0.498. The molecule has 0 aromatic rings. The van der Waals surface area contributed by atoms with Crippen molar-refractivity contribution in [2.24, 2.45) is 5.92 Å². The highest BCUT2D eigenvalue weighted by molar-refractivity contribution is 4.78. The second kappa shape index (κ2) is 4.55. The molecule has 0 aromatic carbocycles. The molecule has 0 heterocycles. The first kappa shape index (κ1) is 10.7. The van der Waals surface area contributed by atoms with E-state index < -0.39 is 5.60 Å². The smallest absolute Gasteiger partial charge is 0.0625 e. The molecule has 66 valence electrons. The topological polar surface area (TPSA) is 20.2 Å². The molecule has 0 aliphatic rings. The van der Waals surface area contributed by atoms with E-state index in [2.05, 4.69) is 20.4 Å². The Morgan fingerprint density at radius 3 is 2.45 bits per heavy atom. The summed E-state index contributed by atoms with van der Waals surface area (Å²) < 4.78 is 0. The van der Waals surface area contributed by atoms with Crippen LogP contribution < -0.4 is 0 Å². The fourth-order valence-electron chi connectivity index (χ4n) is 1.39. The first-order valence-corrected chi connectivity index (χ1v) is 4.31. The lowest BCUT2D eigenvalue weighted by Gasteiger charge is -2.24. The first-order chi connectivity index (χ1) is 4.98. The van der Waals surface area contributed by atoms with Crippen LogP contribution in [0.25, 0.3) is 0 Å². The second-order valence-corrected chi connectivity index (χ2v) is 3.92. The molecule has 0 aliphatic heterocycles. The van der Waals surface area contributed by atoms with Crippen LogP contribution in [0.4, 0.5) is 0 Å². The summed E-state index contributed by atoms with van der Waals surface area (Å²) in [6.45, 7) is 9.79. The Hall–Kier alpha value is -0.300. The molecule has 0 aliphatic carbocycles. The summed E-state index contributed by atoms with van der Waals surface area (Å²) in [5, 5.41) is 9.77. The maximum Gasteiger partial charge on any atom is 0.0625 e. The van der Waals surface area contributed by atoms with Gasteiger partial charge in [0, 0.05) is 0 Å². The molecule has 0 radical (unpaired) electrons. The fraction of sp³-hybridized carbons (Fsp3) is 0.800. The zero-order chi connectivity index (χ0) is 8.91. The molecule has 1 heteroatoms. The largest absolute Gasteiger partial charge is 0.390 e. The van der Waals surface area contributed by atoms with Crippen LogP contribution in [0.2, 0.25) is 0 Å². The van der Waals surface area contributed by atoms with Gasteiger partial charge in [-0.3, -0.25) is 0 Å². The summed E-state index contributed by atoms with van der Waals surface area (Å²) in [6.07, 6.45) is 4.46. The van der Waals surface area contributed by atoms with Crippen LogP contribution in [0.15, 0.2) is 12.7 Å². The van der Waals surface area contributed by atoms with E-state index in [1.54, 1.807) is 0 Å². The van der Waals surface area contributed by atoms with E-state index in [-0.39, 0.29) is 0 Å². The van der Waals surface area contributed by atoms with Crippen molar-refractivity contribution in [2.45, 2.75) is 45.6 Å². The Balaban J connectivity index is 3.69. The van der Waals surface area contributed by atoms with E-state index >= 15 is 0 Å². The second-order valence-electron chi connectivity index (χ2n) is 3.92. The van der Waals surface area contributed by atoms with Crippen molar-refractivity contribution in [1.29, 1.82) is 0 Å². The van der Waals surface area contributed by atoms with Crippen LogP contribution in [0.5, 0.6) is 0 Å². The summed E-state index contributed by atoms with van der Waals surface area (Å²) in [6, 6.07) is 0. The maximum absolute atomic E-state index is 9.77. The highest BCUT2D eigenvalue weighted by atomic mass is 16.3. The lowest BCUT2D eigenvalue weighted by molar-refractivity contribution is 0.0309. The van der Waals surface area contributed by atoms with Gasteiger partial charge in [-0.2, -0.15) is 0 Å². The Labute approximate surface area is 70.1 Å². The first-order valence-electron chi connectivity index (χ1n) is 4.31. The predicted octanol–water partition coefficient (Wildman–Crippen LogP) is 2.75. The third kappa shape index (κ3) is 6.11. The van der Waals surface area contributed by atoms with Gasteiger partial charge in [-0.25, -0.2) is 0 Å². The molecule has 11 heavy (non-hydrogen) atoms. The molecule has 0 saturated carbocycles. The fourth-order valence-corrected chi connectivity index (χ4v) is 1.39. The molecule has 0 amide bonds. The van der Waals surface area contributed by atoms with Gasteiger partial charge in [0.15, 0.2) is 0 Å². The van der Waals surface area contributed by atoms with Crippen LogP contribution in [0, 0.1) is 5.92 Å². The molecule has 1 nitrogen and oxygen atoms in total. The maximum atomic E-state index is 9.77. The van der Waals surface area contributed by atoms with Gasteiger partial charge in [0.1, 0.15) is 0 Å². The Morgan fingerprint density at radius 2 is 2.09 bits per heavy atom. The van der Waals surface area contributed by atoms with Crippen LogP contribution in [0.3, 0.4) is 0 Å². The zero-order valence-electron chi connectivity index (χ0n) is 7.93. The van der Waals surface area contributed by atoms with Crippen molar-refractivity contribution in [3.8, 4) is 0 Å². The van der Waals surface area contributed by atoms with Crippen molar-refractivity contribution < 1.29 is 5.11 Å². The van der Waals surface area contributed by atoms with Crippen molar-refractivity contribution in [3.05, 3.63) is 12.7 Å². The average Bonchev–Trinajstić information content (AvgIpc) is 1.81. The van der Waals surface area contributed by atoms with Gasteiger partial charge < -0.3 is 5.11 Å². The van der Waals surface area contributed by atoms with Gasteiger partial charge in [0.25, 0.3) is 0 Å². The Bertz CT molecular complexity index is 114. The molecule has 1 atom stereocenters. The highest BCUT2D eigenvalue weighted by Gasteiger charge is 2.20. The van der Waals surface area contributed by atoms with Gasteiger partial charge in [-0.05, 0) is 32.1 Å². The van der Waals surface area contributed by atoms with Gasteiger partial charge in [0.2, 0.25) is 0 Å². The van der Waals surface area contributed by atoms with E-state index in [1.165, 1.54) is 0 Å². The van der Waals surface area contributed by atoms with Gasteiger partial charge in [0.05, 0.1) is 5.60 Å². The van der Waals surface area contributed by atoms with E-state index in [9.17, 15) is 5.11 Å². The molecule has 1 unspecified atom stereocenters. The van der Waals surface area contributed by atoms with E-state index in [1.807, 2.05) is 13.0 Å². The van der Waals surface area contributed by atoms with E-state index in [0.29, 0.717) is 5.92 Å². The van der Waals surface area contributed by atoms with Crippen LogP contribution in [0.1, 0.15) is 40.0 Å². The average molecular weight is 156 g/mol. The molecule has 0 bridgehead atoms. The van der Waals surface area contributed by atoms with Gasteiger partial charge in [-0.15, -0.1) is 6.58 Å². The van der Waals surface area contributed by atoms with Crippen molar-refractivity contribution >= 4 is 0 Å². The quantitative estimate of drug-likeness (QED) is 0.607. The molecular weight excluding hydrogens is 136 g/mol. The van der Waals surface area contributed by atoms with Crippen LogP contribution in [-0.4, -0.2) is 10.7 Å². The zero-order valence-corrected chi connectivity index (χ0v) is 7.93. The Morgan fingerprint density at radius 1 is 1.55 bits per heavy atom. The standard InChI is InChI=1S/C10H20O/c1-5-6-7-10(4,11)8-9(2)3/h5,9,11H,1,6-8H2,2-4H3. The third-order valence-electron chi connectivity index (χ3n) is 1.74. The summed E-state index contributed by atoms with van der Waals surface area (Å²) in [5.41, 5.74) is -0.498. The van der Waals surface area contributed by atoms with Crippen molar-refractivity contribution in [2.75, 3.05) is 0 Å². The summed E-state index contributed by atoms with van der Waals surface area (Å²) >= 11 is 0. The van der Waals surface area contributed by atoms with Crippen LogP contribution >= 0.6 is 0 Å². The summed E-state index contributed by atoms with van der Waals surface area (Å²) in [4.78, 5) is 0. The Kier molecular flexibility index (Phi) is 4.43. The minimum atomic E-state index is -0.498. The van der Waals surface area contributed by atoms with Crippen LogP contribution in [-0.2, 0) is 0 Å². The summed E-state index contributed by atoms with van der Waals surface area (Å²) in [5.74, 6) is 0.565. The molecule has 0 spiro atoms. The third-order valence-corrected chi connectivity index (χ3v) is 1.74. The van der Waals surface area contributed by atoms with Crippen molar-refractivity contribution in [3.63, 3.8) is 0 Å². The number of hydrogen-bond acceptors (Lipinski definition) is 1. The molecule has 0 fully saturated rings. The normalized spacial score (nSPS) is 16.5. The number of allylic oxidation sites excluding steroid dienone is 1. The molecule has 1 N–H and O–H groups in total. The van der Waals surface area contributed by atoms with Crippen molar-refractivity contribution in [1.82, 2.24) is 0 Å². The van der Waals surface area contributed by atoms with Gasteiger partial charge >= 0.3 is 0 Å². The predicted molar refractivity (Wildman–Crippen MR) is 49.5 cm³/mol. The molecular formula is C10H20O. The lowest BCUT2D eigenvalue weighted by atomic mass is 9.90. The molecule has 0 aromatic heterocycles. The summed E-state index contributed by atoms with van der Waals surface area (Å²) in [7, 11) is 0. The number of rotatable bonds is 5. The van der Waals surface area contributed by atoms with E-state index in [4.69, 9.17) is 0 Å². The highest BCUT2D eigenvalue weighted by Crippen LogP contribution is 2.21. The van der Waals surface area contributed by atoms with E-state index in [0.717, 1.165) is 19.3 Å². The minimum Gasteiger partial charge on any atom is -0.390 e. The number of aliphatic hydroxyl groups is 1. The molecule has 0 rings (SSSR count).